The number of nitrogens with zero attached hydrogens (tertiary/aromatic N) is 1. The lowest BCUT2D eigenvalue weighted by atomic mass is 10.1. The fraction of sp³-hybridized carbons (Fsp3) is 0.357. The number of benzene rings is 1. The first-order valence-electron chi connectivity index (χ1n) is 6.30. The third-order valence-corrected chi connectivity index (χ3v) is 2.93. The summed E-state index contributed by atoms with van der Waals surface area (Å²) < 4.78 is 0. The summed E-state index contributed by atoms with van der Waals surface area (Å²) in [6.45, 7) is 0. The third kappa shape index (κ3) is 4.21. The Bertz CT molecular complexity index is 493. The SMILES string of the molecule is O=C(O)CC/C(=N\NC(=O)C1CC1)c1ccccc1. The van der Waals surface area contributed by atoms with Crippen molar-refractivity contribution in [1.82, 2.24) is 5.43 Å². The third-order valence-electron chi connectivity index (χ3n) is 2.93. The lowest BCUT2D eigenvalue weighted by Crippen LogP contribution is -2.21. The van der Waals surface area contributed by atoms with Gasteiger partial charge in [0.1, 0.15) is 0 Å². The summed E-state index contributed by atoms with van der Waals surface area (Å²) in [5.74, 6) is -0.874. The summed E-state index contributed by atoms with van der Waals surface area (Å²) in [4.78, 5) is 22.2. The maximum atomic E-state index is 11.5. The molecule has 19 heavy (non-hydrogen) atoms. The van der Waals surface area contributed by atoms with Crippen molar-refractivity contribution in [2.24, 2.45) is 11.0 Å². The molecule has 2 rings (SSSR count). The lowest BCUT2D eigenvalue weighted by molar-refractivity contribution is -0.136. The highest BCUT2D eigenvalue weighted by molar-refractivity contribution is 6.02. The summed E-state index contributed by atoms with van der Waals surface area (Å²) in [7, 11) is 0. The number of hydrogen-bond acceptors (Lipinski definition) is 3. The molecule has 1 fully saturated rings. The fourth-order valence-corrected chi connectivity index (χ4v) is 1.68. The lowest BCUT2D eigenvalue weighted by Gasteiger charge is -2.06. The molecule has 0 spiro atoms. The zero-order valence-corrected chi connectivity index (χ0v) is 10.5. The Morgan fingerprint density at radius 3 is 2.47 bits per heavy atom. The summed E-state index contributed by atoms with van der Waals surface area (Å²) >= 11 is 0. The van der Waals surface area contributed by atoms with Gasteiger partial charge in [-0.05, 0) is 18.4 Å². The van der Waals surface area contributed by atoms with E-state index in [2.05, 4.69) is 10.5 Å². The molecule has 5 heteroatoms. The van der Waals surface area contributed by atoms with Crippen molar-refractivity contribution in [3.05, 3.63) is 35.9 Å². The van der Waals surface area contributed by atoms with E-state index in [0.29, 0.717) is 12.1 Å². The second kappa shape index (κ2) is 6.13. The Kier molecular flexibility index (Phi) is 4.28. The molecule has 2 N–H and O–H groups in total. The number of hydrazone groups is 1. The summed E-state index contributed by atoms with van der Waals surface area (Å²) in [6.07, 6.45) is 2.12. The zero-order valence-electron chi connectivity index (χ0n) is 10.5. The molecule has 1 aliphatic carbocycles. The molecule has 0 aliphatic heterocycles. The molecule has 0 heterocycles. The molecule has 0 radical (unpaired) electrons. The first-order chi connectivity index (χ1) is 9.16. The van der Waals surface area contributed by atoms with Gasteiger partial charge in [0, 0.05) is 12.3 Å². The van der Waals surface area contributed by atoms with Crippen LogP contribution in [0.5, 0.6) is 0 Å². The van der Waals surface area contributed by atoms with Gasteiger partial charge in [0.15, 0.2) is 0 Å². The van der Waals surface area contributed by atoms with E-state index in [1.54, 1.807) is 0 Å². The Morgan fingerprint density at radius 2 is 1.89 bits per heavy atom. The quantitative estimate of drug-likeness (QED) is 0.604. The summed E-state index contributed by atoms with van der Waals surface area (Å²) in [5.41, 5.74) is 3.95. The Labute approximate surface area is 111 Å². The number of rotatable bonds is 6. The maximum Gasteiger partial charge on any atom is 0.303 e. The van der Waals surface area contributed by atoms with E-state index in [1.807, 2.05) is 30.3 Å². The minimum Gasteiger partial charge on any atom is -0.481 e. The van der Waals surface area contributed by atoms with E-state index in [1.165, 1.54) is 0 Å². The highest BCUT2D eigenvalue weighted by Gasteiger charge is 2.29. The average molecular weight is 260 g/mol. The molecule has 0 saturated heterocycles. The van der Waals surface area contributed by atoms with Gasteiger partial charge in [-0.15, -0.1) is 0 Å². The van der Waals surface area contributed by atoms with Gasteiger partial charge in [-0.3, -0.25) is 9.59 Å². The van der Waals surface area contributed by atoms with Crippen LogP contribution >= 0.6 is 0 Å². The van der Waals surface area contributed by atoms with Crippen molar-refractivity contribution in [1.29, 1.82) is 0 Å². The largest absolute Gasteiger partial charge is 0.481 e. The molecule has 0 unspecified atom stereocenters. The van der Waals surface area contributed by atoms with Crippen LogP contribution < -0.4 is 5.43 Å². The van der Waals surface area contributed by atoms with Gasteiger partial charge in [0.2, 0.25) is 5.91 Å². The van der Waals surface area contributed by atoms with Gasteiger partial charge in [-0.1, -0.05) is 30.3 Å². The van der Waals surface area contributed by atoms with Crippen LogP contribution in [-0.4, -0.2) is 22.7 Å². The van der Waals surface area contributed by atoms with Gasteiger partial charge >= 0.3 is 5.97 Å². The summed E-state index contributed by atoms with van der Waals surface area (Å²) in [6, 6.07) is 9.29. The highest BCUT2D eigenvalue weighted by atomic mass is 16.4. The van der Waals surface area contributed by atoms with Crippen molar-refractivity contribution in [2.45, 2.75) is 25.7 Å². The molecule has 0 aromatic heterocycles. The van der Waals surface area contributed by atoms with E-state index in [9.17, 15) is 9.59 Å². The molecule has 1 aromatic carbocycles. The molecule has 1 aromatic rings. The topological polar surface area (TPSA) is 78.8 Å². The van der Waals surface area contributed by atoms with Crippen LogP contribution in [0.3, 0.4) is 0 Å². The Hall–Kier alpha value is -2.17. The fourth-order valence-electron chi connectivity index (χ4n) is 1.68. The van der Waals surface area contributed by atoms with E-state index in [4.69, 9.17) is 5.11 Å². The Morgan fingerprint density at radius 1 is 1.21 bits per heavy atom. The number of carboxylic acid groups (broad SMARTS) is 1. The van der Waals surface area contributed by atoms with Crippen LogP contribution in [0.4, 0.5) is 0 Å². The van der Waals surface area contributed by atoms with Gasteiger partial charge < -0.3 is 5.11 Å². The molecular formula is C14H16N2O3. The number of carbonyl (C=O) groups excluding carboxylic acids is 1. The maximum absolute atomic E-state index is 11.5. The molecule has 100 valence electrons. The second-order valence-electron chi connectivity index (χ2n) is 4.57. The van der Waals surface area contributed by atoms with E-state index < -0.39 is 5.97 Å². The van der Waals surface area contributed by atoms with Crippen molar-refractivity contribution >= 4 is 17.6 Å². The molecule has 0 bridgehead atoms. The number of carbonyl (C=O) groups is 2. The predicted octanol–water partition coefficient (Wildman–Crippen LogP) is 1.78. The van der Waals surface area contributed by atoms with Crippen LogP contribution in [0.15, 0.2) is 35.4 Å². The smallest absolute Gasteiger partial charge is 0.303 e. The van der Waals surface area contributed by atoms with Crippen LogP contribution in [0.1, 0.15) is 31.2 Å². The van der Waals surface area contributed by atoms with Gasteiger partial charge in [-0.25, -0.2) is 5.43 Å². The molecule has 0 atom stereocenters. The van der Waals surface area contributed by atoms with Crippen molar-refractivity contribution in [3.63, 3.8) is 0 Å². The standard InChI is InChI=1S/C14H16N2O3/c17-13(18)9-8-12(10-4-2-1-3-5-10)15-16-14(19)11-6-7-11/h1-5,11H,6-9H2,(H,16,19)(H,17,18)/b15-12+. The van der Waals surface area contributed by atoms with Gasteiger partial charge in [0.25, 0.3) is 0 Å². The number of amides is 1. The molecule has 5 nitrogen and oxygen atoms in total. The molecular weight excluding hydrogens is 244 g/mol. The summed E-state index contributed by atoms with van der Waals surface area (Å²) in [5, 5.41) is 12.8. The van der Waals surface area contributed by atoms with Crippen molar-refractivity contribution < 1.29 is 14.7 Å². The van der Waals surface area contributed by atoms with E-state index in [-0.39, 0.29) is 18.2 Å². The second-order valence-corrected chi connectivity index (χ2v) is 4.57. The first kappa shape index (κ1) is 13.3. The van der Waals surface area contributed by atoms with Crippen LogP contribution in [0.25, 0.3) is 0 Å². The van der Waals surface area contributed by atoms with Crippen LogP contribution in [0, 0.1) is 5.92 Å². The number of carboxylic acids is 1. The minimum atomic E-state index is -0.878. The van der Waals surface area contributed by atoms with Crippen molar-refractivity contribution in [2.75, 3.05) is 0 Å². The van der Waals surface area contributed by atoms with Gasteiger partial charge in [-0.2, -0.15) is 5.10 Å². The van der Waals surface area contributed by atoms with Crippen LogP contribution in [0.2, 0.25) is 0 Å². The predicted molar refractivity (Wildman–Crippen MR) is 70.7 cm³/mol. The molecule has 1 amide bonds. The molecule has 1 aliphatic rings. The highest BCUT2D eigenvalue weighted by Crippen LogP contribution is 2.28. The Balaban J connectivity index is 2.06. The normalized spacial score (nSPS) is 15.1. The first-order valence-corrected chi connectivity index (χ1v) is 6.30. The number of aliphatic carboxylic acids is 1. The minimum absolute atomic E-state index is 0.00692. The number of hydrogen-bond donors (Lipinski definition) is 2. The van der Waals surface area contributed by atoms with E-state index in [0.717, 1.165) is 18.4 Å². The van der Waals surface area contributed by atoms with E-state index >= 15 is 0 Å². The number of nitrogens with one attached hydrogen (secondary N) is 1. The average Bonchev–Trinajstić information content (AvgIpc) is 3.23. The van der Waals surface area contributed by atoms with Crippen LogP contribution in [-0.2, 0) is 9.59 Å². The monoisotopic (exact) mass is 260 g/mol. The van der Waals surface area contributed by atoms with Crippen molar-refractivity contribution in [3.8, 4) is 0 Å². The zero-order chi connectivity index (χ0) is 13.7. The molecule has 1 saturated carbocycles. The van der Waals surface area contributed by atoms with Gasteiger partial charge in [0.05, 0.1) is 12.1 Å².